The normalized spacial score (nSPS) is 19.6. The third-order valence-corrected chi connectivity index (χ3v) is 5.18. The van der Waals surface area contributed by atoms with E-state index < -0.39 is 15.9 Å². The largest absolute Gasteiger partial charge is 0.369 e. The number of primary amides is 1. The summed E-state index contributed by atoms with van der Waals surface area (Å²) in [6.07, 6.45) is 2.10. The van der Waals surface area contributed by atoms with Gasteiger partial charge in [-0.25, -0.2) is 13.4 Å². The first-order valence-electron chi connectivity index (χ1n) is 6.33. The van der Waals surface area contributed by atoms with Gasteiger partial charge in [0.15, 0.2) is 5.03 Å². The van der Waals surface area contributed by atoms with Gasteiger partial charge in [-0.2, -0.15) is 4.31 Å². The van der Waals surface area contributed by atoms with Crippen molar-refractivity contribution >= 4 is 15.9 Å². The van der Waals surface area contributed by atoms with Gasteiger partial charge in [0.2, 0.25) is 5.91 Å². The quantitative estimate of drug-likeness (QED) is 0.692. The summed E-state index contributed by atoms with van der Waals surface area (Å²) in [5.74, 6) is -0.0831. The highest BCUT2D eigenvalue weighted by atomic mass is 32.2. The van der Waals surface area contributed by atoms with Gasteiger partial charge in [0, 0.05) is 25.8 Å². The van der Waals surface area contributed by atoms with Crippen molar-refractivity contribution in [1.82, 2.24) is 19.2 Å². The highest BCUT2D eigenvalue weighted by Gasteiger charge is 2.35. The second-order valence-corrected chi connectivity index (χ2v) is 6.74. The van der Waals surface area contributed by atoms with Crippen LogP contribution in [0.3, 0.4) is 0 Å². The first-order chi connectivity index (χ1) is 9.32. The number of carbonyl (C=O) groups is 1. The van der Waals surface area contributed by atoms with Crippen LogP contribution in [0.2, 0.25) is 0 Å². The number of aromatic nitrogens is 2. The number of hydrogen-bond acceptors (Lipinski definition) is 5. The molecule has 9 heteroatoms. The van der Waals surface area contributed by atoms with Crippen LogP contribution >= 0.6 is 0 Å². The lowest BCUT2D eigenvalue weighted by Gasteiger charge is -2.25. The molecule has 1 fully saturated rings. The summed E-state index contributed by atoms with van der Waals surface area (Å²) in [7, 11) is -2.10. The molecule has 0 spiro atoms. The van der Waals surface area contributed by atoms with Crippen LogP contribution in [0.15, 0.2) is 11.2 Å². The minimum atomic E-state index is -3.82. The van der Waals surface area contributed by atoms with Crippen molar-refractivity contribution in [3.63, 3.8) is 0 Å². The second-order valence-electron chi connectivity index (χ2n) is 4.90. The average molecular weight is 301 g/mol. The molecule has 0 radical (unpaired) electrons. The third-order valence-electron chi connectivity index (χ3n) is 3.41. The number of carbonyl (C=O) groups excluding carboxylic acids is 1. The maximum atomic E-state index is 12.6. The fourth-order valence-electron chi connectivity index (χ4n) is 2.22. The van der Waals surface area contributed by atoms with E-state index in [1.807, 2.05) is 0 Å². The van der Waals surface area contributed by atoms with Crippen LogP contribution in [-0.4, -0.2) is 53.9 Å². The van der Waals surface area contributed by atoms with E-state index in [0.29, 0.717) is 18.8 Å². The van der Waals surface area contributed by atoms with Crippen LogP contribution in [0.4, 0.5) is 0 Å². The summed E-state index contributed by atoms with van der Waals surface area (Å²) in [6, 6.07) is -0.269. The molecule has 1 saturated heterocycles. The minimum Gasteiger partial charge on any atom is -0.369 e. The van der Waals surface area contributed by atoms with Crippen molar-refractivity contribution < 1.29 is 13.2 Å². The summed E-state index contributed by atoms with van der Waals surface area (Å²) in [5, 5.41) is 3.03. The molecule has 1 aromatic heterocycles. The van der Waals surface area contributed by atoms with E-state index in [1.54, 1.807) is 18.5 Å². The summed E-state index contributed by atoms with van der Waals surface area (Å²) in [5.41, 5.74) is 5.18. The SMILES string of the molecule is Cc1nc(S(=O)(=O)N(CC(N)=O)C2CCNC2)cn1C. The van der Waals surface area contributed by atoms with Gasteiger partial charge in [0.1, 0.15) is 5.82 Å². The van der Waals surface area contributed by atoms with E-state index >= 15 is 0 Å². The molecule has 8 nitrogen and oxygen atoms in total. The standard InChI is InChI=1S/C11H19N5O3S/c1-8-14-11(7-15(8)2)20(18,19)16(6-10(12)17)9-3-4-13-5-9/h7,9,13H,3-6H2,1-2H3,(H2,12,17). The Morgan fingerprint density at radius 3 is 2.80 bits per heavy atom. The number of rotatable bonds is 5. The lowest BCUT2D eigenvalue weighted by atomic mass is 10.2. The van der Waals surface area contributed by atoms with E-state index in [4.69, 9.17) is 5.73 Å². The molecular weight excluding hydrogens is 282 g/mol. The highest BCUT2D eigenvalue weighted by molar-refractivity contribution is 7.89. The lowest BCUT2D eigenvalue weighted by molar-refractivity contribution is -0.118. The van der Waals surface area contributed by atoms with Crippen molar-refractivity contribution in [3.05, 3.63) is 12.0 Å². The van der Waals surface area contributed by atoms with Gasteiger partial charge >= 0.3 is 0 Å². The van der Waals surface area contributed by atoms with E-state index in [9.17, 15) is 13.2 Å². The third kappa shape index (κ3) is 2.84. The van der Waals surface area contributed by atoms with Crippen LogP contribution in [0, 0.1) is 6.92 Å². The molecule has 0 saturated carbocycles. The summed E-state index contributed by atoms with van der Waals surface area (Å²) < 4.78 is 28.0. The zero-order valence-electron chi connectivity index (χ0n) is 11.5. The summed E-state index contributed by atoms with van der Waals surface area (Å²) in [4.78, 5) is 15.2. The Balaban J connectivity index is 2.37. The summed E-state index contributed by atoms with van der Waals surface area (Å²) >= 11 is 0. The topological polar surface area (TPSA) is 110 Å². The molecule has 1 aliphatic heterocycles. The van der Waals surface area contributed by atoms with Gasteiger partial charge in [-0.1, -0.05) is 0 Å². The maximum Gasteiger partial charge on any atom is 0.262 e. The van der Waals surface area contributed by atoms with Gasteiger partial charge in [-0.05, 0) is 19.9 Å². The van der Waals surface area contributed by atoms with Crippen molar-refractivity contribution in [2.45, 2.75) is 24.4 Å². The van der Waals surface area contributed by atoms with Crippen LogP contribution in [0.25, 0.3) is 0 Å². The fourth-order valence-corrected chi connectivity index (χ4v) is 3.87. The average Bonchev–Trinajstić information content (AvgIpc) is 2.97. The number of sulfonamides is 1. The Hall–Kier alpha value is -1.45. The Bertz CT molecular complexity index is 584. The maximum absolute atomic E-state index is 12.6. The molecule has 1 amide bonds. The molecule has 1 aliphatic rings. The first-order valence-corrected chi connectivity index (χ1v) is 7.77. The number of imidazole rings is 1. The smallest absolute Gasteiger partial charge is 0.262 e. The van der Waals surface area contributed by atoms with Gasteiger partial charge in [0.05, 0.1) is 6.54 Å². The fraction of sp³-hybridized carbons (Fsp3) is 0.636. The number of nitrogens with one attached hydrogen (secondary N) is 1. The molecule has 2 rings (SSSR count). The Kier molecular flexibility index (Phi) is 4.11. The Labute approximate surface area is 118 Å². The molecule has 3 N–H and O–H groups in total. The predicted octanol–water partition coefficient (Wildman–Crippen LogP) is -1.43. The predicted molar refractivity (Wildman–Crippen MR) is 72.3 cm³/mol. The summed E-state index contributed by atoms with van der Waals surface area (Å²) in [6.45, 7) is 2.62. The molecular formula is C11H19N5O3S. The van der Waals surface area contributed by atoms with E-state index in [0.717, 1.165) is 10.8 Å². The molecule has 2 heterocycles. The zero-order valence-corrected chi connectivity index (χ0v) is 12.4. The lowest BCUT2D eigenvalue weighted by Crippen LogP contribution is -2.46. The number of nitrogens with zero attached hydrogens (tertiary/aromatic N) is 3. The van der Waals surface area contributed by atoms with Crippen molar-refractivity contribution in [2.24, 2.45) is 12.8 Å². The van der Waals surface area contributed by atoms with Crippen LogP contribution in [0.1, 0.15) is 12.2 Å². The van der Waals surface area contributed by atoms with Crippen LogP contribution in [-0.2, 0) is 21.9 Å². The van der Waals surface area contributed by atoms with E-state index in [1.165, 1.54) is 6.20 Å². The number of hydrogen-bond donors (Lipinski definition) is 2. The molecule has 1 atom stereocenters. The highest BCUT2D eigenvalue weighted by Crippen LogP contribution is 2.20. The second kappa shape index (κ2) is 5.51. The Morgan fingerprint density at radius 1 is 1.65 bits per heavy atom. The molecule has 0 aliphatic carbocycles. The molecule has 1 aromatic rings. The van der Waals surface area contributed by atoms with Crippen molar-refractivity contribution in [3.8, 4) is 0 Å². The Morgan fingerprint density at radius 2 is 2.35 bits per heavy atom. The minimum absolute atomic E-state index is 0.0503. The molecule has 112 valence electrons. The molecule has 20 heavy (non-hydrogen) atoms. The zero-order chi connectivity index (χ0) is 14.9. The van der Waals surface area contributed by atoms with E-state index in [2.05, 4.69) is 10.3 Å². The van der Waals surface area contributed by atoms with Gasteiger partial charge in [-0.15, -0.1) is 0 Å². The van der Waals surface area contributed by atoms with Gasteiger partial charge in [0.25, 0.3) is 10.0 Å². The van der Waals surface area contributed by atoms with Gasteiger partial charge in [-0.3, -0.25) is 4.79 Å². The monoisotopic (exact) mass is 301 g/mol. The van der Waals surface area contributed by atoms with Gasteiger partial charge < -0.3 is 15.6 Å². The van der Waals surface area contributed by atoms with E-state index in [-0.39, 0.29) is 17.6 Å². The molecule has 0 bridgehead atoms. The van der Waals surface area contributed by atoms with Crippen molar-refractivity contribution in [1.29, 1.82) is 0 Å². The molecule has 1 unspecified atom stereocenters. The molecule has 0 aromatic carbocycles. The van der Waals surface area contributed by atoms with Crippen LogP contribution in [0.5, 0.6) is 0 Å². The van der Waals surface area contributed by atoms with Crippen molar-refractivity contribution in [2.75, 3.05) is 19.6 Å². The van der Waals surface area contributed by atoms with Crippen LogP contribution < -0.4 is 11.1 Å². The number of aryl methyl sites for hydroxylation is 2. The number of nitrogens with two attached hydrogens (primary N) is 1. The first kappa shape index (κ1) is 14.9. The number of amides is 1.